The molecule has 1 atom stereocenters. The smallest absolute Gasteiger partial charge is 0.0296 e. The molecule has 1 aliphatic heterocycles. The first kappa shape index (κ1) is 15.0. The monoisotopic (exact) mass is 280 g/mol. The minimum Gasteiger partial charge on any atom is -0.315 e. The Labute approximate surface area is 122 Å². The van der Waals surface area contributed by atoms with Crippen LogP contribution in [0.1, 0.15) is 42.5 Å². The summed E-state index contributed by atoms with van der Waals surface area (Å²) in [6.07, 6.45) is 1.36. The van der Waals surface area contributed by atoms with Gasteiger partial charge in [0.1, 0.15) is 0 Å². The summed E-state index contributed by atoms with van der Waals surface area (Å²) in [7, 11) is 2.02. The van der Waals surface area contributed by atoms with Crippen molar-refractivity contribution in [1.29, 1.82) is 0 Å². The molecule has 2 heterocycles. The topological polar surface area (TPSA) is 15.3 Å². The van der Waals surface area contributed by atoms with Crippen molar-refractivity contribution in [3.05, 3.63) is 21.4 Å². The highest BCUT2D eigenvalue weighted by Crippen LogP contribution is 2.34. The lowest BCUT2D eigenvalue weighted by Crippen LogP contribution is -2.25. The summed E-state index contributed by atoms with van der Waals surface area (Å²) < 4.78 is 0. The molecule has 3 heteroatoms. The molecule has 1 N–H and O–H groups in total. The van der Waals surface area contributed by atoms with Crippen LogP contribution >= 0.6 is 11.3 Å². The van der Waals surface area contributed by atoms with E-state index in [1.54, 1.807) is 0 Å². The van der Waals surface area contributed by atoms with Crippen molar-refractivity contribution in [3.63, 3.8) is 0 Å². The van der Waals surface area contributed by atoms with E-state index in [4.69, 9.17) is 0 Å². The van der Waals surface area contributed by atoms with Crippen LogP contribution in [0.5, 0.6) is 0 Å². The lowest BCUT2D eigenvalue weighted by Gasteiger charge is -2.27. The molecule has 0 radical (unpaired) electrons. The molecular weight excluding hydrogens is 252 g/mol. The van der Waals surface area contributed by atoms with E-state index >= 15 is 0 Å². The zero-order chi connectivity index (χ0) is 14.0. The third kappa shape index (κ3) is 3.80. The SMILES string of the molecule is CNCc1cc(CN2CCC(C(C)(C)C)C2)c(C)s1. The number of hydrogen-bond acceptors (Lipinski definition) is 3. The largest absolute Gasteiger partial charge is 0.315 e. The summed E-state index contributed by atoms with van der Waals surface area (Å²) in [6.45, 7) is 14.1. The van der Waals surface area contributed by atoms with Crippen LogP contribution in [0.25, 0.3) is 0 Å². The van der Waals surface area contributed by atoms with Gasteiger partial charge >= 0.3 is 0 Å². The number of aryl methyl sites for hydroxylation is 1. The Morgan fingerprint density at radius 3 is 2.74 bits per heavy atom. The molecule has 1 saturated heterocycles. The predicted molar refractivity (Wildman–Crippen MR) is 84.7 cm³/mol. The Bertz CT molecular complexity index is 417. The van der Waals surface area contributed by atoms with Crippen molar-refractivity contribution in [1.82, 2.24) is 10.2 Å². The molecule has 1 aromatic rings. The normalized spacial score (nSPS) is 21.2. The van der Waals surface area contributed by atoms with Crippen LogP contribution in [0.2, 0.25) is 0 Å². The van der Waals surface area contributed by atoms with Gasteiger partial charge in [0.15, 0.2) is 0 Å². The van der Waals surface area contributed by atoms with E-state index in [0.717, 1.165) is 19.0 Å². The van der Waals surface area contributed by atoms with Crippen LogP contribution in [-0.4, -0.2) is 25.0 Å². The molecule has 108 valence electrons. The van der Waals surface area contributed by atoms with Gasteiger partial charge in [-0.25, -0.2) is 0 Å². The van der Waals surface area contributed by atoms with Crippen LogP contribution in [0.4, 0.5) is 0 Å². The number of nitrogens with zero attached hydrogens (tertiary/aromatic N) is 1. The van der Waals surface area contributed by atoms with Gasteiger partial charge in [-0.05, 0) is 49.9 Å². The lowest BCUT2D eigenvalue weighted by atomic mass is 9.80. The Balaban J connectivity index is 1.95. The molecule has 0 aromatic carbocycles. The predicted octanol–water partition coefficient (Wildman–Crippen LogP) is 3.64. The Kier molecular flexibility index (Phi) is 4.70. The molecule has 1 fully saturated rings. The minimum atomic E-state index is 0.454. The molecule has 1 aromatic heterocycles. The standard InChI is InChI=1S/C16H28N2S/c1-12-13(8-15(19-12)9-17-5)10-18-7-6-14(11-18)16(2,3)4/h8,14,17H,6-7,9-11H2,1-5H3. The van der Waals surface area contributed by atoms with Gasteiger partial charge < -0.3 is 5.32 Å². The summed E-state index contributed by atoms with van der Waals surface area (Å²) in [4.78, 5) is 5.58. The van der Waals surface area contributed by atoms with Crippen molar-refractivity contribution >= 4 is 11.3 Å². The zero-order valence-electron chi connectivity index (χ0n) is 13.0. The number of nitrogens with one attached hydrogen (secondary N) is 1. The summed E-state index contributed by atoms with van der Waals surface area (Å²) in [5.41, 5.74) is 1.99. The molecule has 0 saturated carbocycles. The van der Waals surface area contributed by atoms with Crippen molar-refractivity contribution in [2.45, 2.75) is 47.2 Å². The molecule has 1 unspecified atom stereocenters. The first-order valence-electron chi connectivity index (χ1n) is 7.35. The first-order valence-corrected chi connectivity index (χ1v) is 8.17. The lowest BCUT2D eigenvalue weighted by molar-refractivity contribution is 0.226. The third-order valence-corrected chi connectivity index (χ3v) is 5.41. The molecule has 0 spiro atoms. The maximum Gasteiger partial charge on any atom is 0.0296 e. The van der Waals surface area contributed by atoms with Gasteiger partial charge in [-0.15, -0.1) is 11.3 Å². The van der Waals surface area contributed by atoms with E-state index in [0.29, 0.717) is 5.41 Å². The molecule has 2 rings (SSSR count). The van der Waals surface area contributed by atoms with E-state index in [2.05, 4.69) is 44.0 Å². The minimum absolute atomic E-state index is 0.454. The van der Waals surface area contributed by atoms with Gasteiger partial charge in [0.2, 0.25) is 0 Å². The van der Waals surface area contributed by atoms with Gasteiger partial charge in [0, 0.05) is 29.4 Å². The van der Waals surface area contributed by atoms with E-state index in [9.17, 15) is 0 Å². The van der Waals surface area contributed by atoms with Gasteiger partial charge in [0.25, 0.3) is 0 Å². The molecule has 0 bridgehead atoms. The second kappa shape index (κ2) is 5.94. The number of rotatable bonds is 4. The molecule has 2 nitrogen and oxygen atoms in total. The number of thiophene rings is 1. The van der Waals surface area contributed by atoms with Crippen molar-refractivity contribution in [3.8, 4) is 0 Å². The highest BCUT2D eigenvalue weighted by atomic mass is 32.1. The summed E-state index contributed by atoms with van der Waals surface area (Å²) in [5, 5.41) is 3.24. The van der Waals surface area contributed by atoms with E-state index in [1.807, 2.05) is 18.4 Å². The van der Waals surface area contributed by atoms with E-state index < -0.39 is 0 Å². The average Bonchev–Trinajstić information content (AvgIpc) is 2.87. The van der Waals surface area contributed by atoms with Crippen molar-refractivity contribution in [2.75, 3.05) is 20.1 Å². The molecular formula is C16H28N2S. The van der Waals surface area contributed by atoms with Crippen molar-refractivity contribution < 1.29 is 0 Å². The molecule has 19 heavy (non-hydrogen) atoms. The van der Waals surface area contributed by atoms with E-state index in [1.165, 1.54) is 34.8 Å². The fourth-order valence-corrected chi connectivity index (χ4v) is 4.00. The van der Waals surface area contributed by atoms with Crippen LogP contribution in [0.15, 0.2) is 6.07 Å². The summed E-state index contributed by atoms with van der Waals surface area (Å²) in [5.74, 6) is 0.850. The highest BCUT2D eigenvalue weighted by molar-refractivity contribution is 7.12. The molecule has 0 aliphatic carbocycles. The fraction of sp³-hybridized carbons (Fsp3) is 0.750. The van der Waals surface area contributed by atoms with Gasteiger partial charge in [-0.2, -0.15) is 0 Å². The van der Waals surface area contributed by atoms with E-state index in [-0.39, 0.29) is 0 Å². The number of hydrogen-bond donors (Lipinski definition) is 1. The Hall–Kier alpha value is -0.380. The molecule has 0 amide bonds. The second-order valence-electron chi connectivity index (χ2n) is 6.91. The highest BCUT2D eigenvalue weighted by Gasteiger charge is 2.31. The van der Waals surface area contributed by atoms with Gasteiger partial charge in [0.05, 0.1) is 0 Å². The van der Waals surface area contributed by atoms with Crippen LogP contribution in [0, 0.1) is 18.3 Å². The van der Waals surface area contributed by atoms with Gasteiger partial charge in [-0.3, -0.25) is 4.90 Å². The first-order chi connectivity index (χ1) is 8.90. The fourth-order valence-electron chi connectivity index (χ4n) is 2.93. The van der Waals surface area contributed by atoms with Gasteiger partial charge in [-0.1, -0.05) is 20.8 Å². The van der Waals surface area contributed by atoms with Crippen LogP contribution in [0.3, 0.4) is 0 Å². The Morgan fingerprint density at radius 2 is 2.16 bits per heavy atom. The number of likely N-dealkylation sites (tertiary alicyclic amines) is 1. The Morgan fingerprint density at radius 1 is 1.42 bits per heavy atom. The molecule has 1 aliphatic rings. The zero-order valence-corrected chi connectivity index (χ0v) is 13.9. The average molecular weight is 280 g/mol. The summed E-state index contributed by atoms with van der Waals surface area (Å²) in [6, 6.07) is 2.39. The maximum absolute atomic E-state index is 3.24. The van der Waals surface area contributed by atoms with Crippen LogP contribution < -0.4 is 5.32 Å². The summed E-state index contributed by atoms with van der Waals surface area (Å²) >= 11 is 1.94. The second-order valence-corrected chi connectivity index (χ2v) is 8.25. The van der Waals surface area contributed by atoms with Crippen molar-refractivity contribution in [2.24, 2.45) is 11.3 Å². The quantitative estimate of drug-likeness (QED) is 0.906. The van der Waals surface area contributed by atoms with Crippen LogP contribution in [-0.2, 0) is 13.1 Å². The third-order valence-electron chi connectivity index (χ3n) is 4.31. The maximum atomic E-state index is 3.24.